The molecule has 2 aromatic carbocycles. The lowest BCUT2D eigenvalue weighted by atomic mass is 10.2. The third-order valence-electron chi connectivity index (χ3n) is 2.39. The van der Waals surface area contributed by atoms with E-state index in [2.05, 4.69) is 0 Å². The Morgan fingerprint density at radius 3 is 2.24 bits per heavy atom. The first kappa shape index (κ1) is 15.2. The minimum atomic E-state index is -4.45. The fraction of sp³-hybridized carbons (Fsp3) is 0. The zero-order valence-electron chi connectivity index (χ0n) is 10.2. The van der Waals surface area contributed by atoms with E-state index in [1.807, 2.05) is 6.07 Å². The third kappa shape index (κ3) is 3.48. The first-order chi connectivity index (χ1) is 9.81. The normalized spacial score (nSPS) is 11.0. The number of nitriles is 1. The van der Waals surface area contributed by atoms with E-state index >= 15 is 0 Å². The minimum Gasteiger partial charge on any atom is -0.377 e. The van der Waals surface area contributed by atoms with Gasteiger partial charge >= 0.3 is 10.1 Å². The van der Waals surface area contributed by atoms with Crippen LogP contribution in [-0.4, -0.2) is 8.42 Å². The lowest BCUT2D eigenvalue weighted by molar-refractivity contribution is 0.482. The second-order valence-corrected chi connectivity index (χ2v) is 5.85. The molecule has 0 bridgehead atoms. The summed E-state index contributed by atoms with van der Waals surface area (Å²) in [6.07, 6.45) is 0. The number of nitrogens with zero attached hydrogens (tertiary/aromatic N) is 1. The standard InChI is InChI=1S/C13H6ClF2NO3S/c14-12-3-8(7-17)1-2-13(12)20-21(18,19)11-5-9(15)4-10(16)6-11/h1-6H. The van der Waals surface area contributed by atoms with Gasteiger partial charge in [-0.1, -0.05) is 11.6 Å². The summed E-state index contributed by atoms with van der Waals surface area (Å²) in [4.78, 5) is -0.680. The van der Waals surface area contributed by atoms with Crippen LogP contribution in [0.1, 0.15) is 5.56 Å². The van der Waals surface area contributed by atoms with Gasteiger partial charge in [-0.25, -0.2) is 8.78 Å². The Kier molecular flexibility index (Phi) is 4.11. The fourth-order valence-corrected chi connectivity index (χ4v) is 2.73. The molecule has 0 aromatic heterocycles. The maximum atomic E-state index is 13.1. The molecule has 0 N–H and O–H groups in total. The molecule has 0 saturated carbocycles. The number of benzene rings is 2. The Balaban J connectivity index is 2.40. The van der Waals surface area contributed by atoms with Crippen LogP contribution in [0.25, 0.3) is 0 Å². The third-order valence-corrected chi connectivity index (χ3v) is 3.89. The Bertz CT molecular complexity index is 827. The number of hydrogen-bond donors (Lipinski definition) is 0. The number of hydrogen-bond acceptors (Lipinski definition) is 4. The van der Waals surface area contributed by atoms with Gasteiger partial charge in [-0.05, 0) is 30.3 Å². The summed E-state index contributed by atoms with van der Waals surface area (Å²) in [7, 11) is -4.45. The molecule has 2 aromatic rings. The van der Waals surface area contributed by atoms with Gasteiger partial charge in [0.1, 0.15) is 16.5 Å². The lowest BCUT2D eigenvalue weighted by Gasteiger charge is -2.08. The zero-order valence-corrected chi connectivity index (χ0v) is 11.8. The van der Waals surface area contributed by atoms with E-state index in [1.165, 1.54) is 18.2 Å². The van der Waals surface area contributed by atoms with Gasteiger partial charge in [0.25, 0.3) is 0 Å². The molecule has 0 radical (unpaired) electrons. The van der Waals surface area contributed by atoms with Crippen molar-refractivity contribution in [3.05, 3.63) is 58.6 Å². The van der Waals surface area contributed by atoms with E-state index in [-0.39, 0.29) is 16.3 Å². The van der Waals surface area contributed by atoms with Crippen molar-refractivity contribution in [1.82, 2.24) is 0 Å². The molecule has 0 unspecified atom stereocenters. The summed E-state index contributed by atoms with van der Waals surface area (Å²) < 4.78 is 54.7. The smallest absolute Gasteiger partial charge is 0.339 e. The van der Waals surface area contributed by atoms with Crippen LogP contribution in [0.4, 0.5) is 8.78 Å². The van der Waals surface area contributed by atoms with Crippen molar-refractivity contribution in [1.29, 1.82) is 5.26 Å². The highest BCUT2D eigenvalue weighted by molar-refractivity contribution is 7.87. The summed E-state index contributed by atoms with van der Waals surface area (Å²) in [5.74, 6) is -2.36. The van der Waals surface area contributed by atoms with E-state index in [0.29, 0.717) is 18.2 Å². The predicted molar refractivity (Wildman–Crippen MR) is 70.3 cm³/mol. The molecule has 0 amide bonds. The van der Waals surface area contributed by atoms with E-state index < -0.39 is 26.6 Å². The molecule has 0 aliphatic rings. The van der Waals surface area contributed by atoms with Crippen molar-refractivity contribution in [2.45, 2.75) is 4.90 Å². The first-order valence-corrected chi connectivity index (χ1v) is 7.21. The van der Waals surface area contributed by atoms with Crippen molar-refractivity contribution in [3.63, 3.8) is 0 Å². The van der Waals surface area contributed by atoms with Crippen LogP contribution in [-0.2, 0) is 10.1 Å². The van der Waals surface area contributed by atoms with Crippen molar-refractivity contribution in [3.8, 4) is 11.8 Å². The van der Waals surface area contributed by atoms with Gasteiger partial charge < -0.3 is 4.18 Å². The van der Waals surface area contributed by atoms with E-state index in [4.69, 9.17) is 21.0 Å². The average molecular weight is 330 g/mol. The maximum Gasteiger partial charge on any atom is 0.339 e. The highest BCUT2D eigenvalue weighted by atomic mass is 35.5. The number of rotatable bonds is 3. The second-order valence-electron chi connectivity index (χ2n) is 3.90. The van der Waals surface area contributed by atoms with Crippen molar-refractivity contribution < 1.29 is 21.4 Å². The molecule has 2 rings (SSSR count). The second kappa shape index (κ2) is 5.68. The maximum absolute atomic E-state index is 13.1. The summed E-state index contributed by atoms with van der Waals surface area (Å²) >= 11 is 5.78. The van der Waals surface area contributed by atoms with Gasteiger partial charge in [0.2, 0.25) is 0 Å². The highest BCUT2D eigenvalue weighted by Crippen LogP contribution is 2.28. The topological polar surface area (TPSA) is 67.2 Å². The molecule has 0 aliphatic heterocycles. The molecule has 8 heteroatoms. The Morgan fingerprint density at radius 2 is 1.71 bits per heavy atom. The first-order valence-electron chi connectivity index (χ1n) is 5.42. The highest BCUT2D eigenvalue weighted by Gasteiger charge is 2.20. The van der Waals surface area contributed by atoms with Gasteiger partial charge in [0.15, 0.2) is 5.75 Å². The van der Waals surface area contributed by atoms with Crippen LogP contribution < -0.4 is 4.18 Å². The van der Waals surface area contributed by atoms with E-state index in [1.54, 1.807) is 0 Å². The van der Waals surface area contributed by atoms with Crippen molar-refractivity contribution in [2.24, 2.45) is 0 Å². The SMILES string of the molecule is N#Cc1ccc(OS(=O)(=O)c2cc(F)cc(F)c2)c(Cl)c1. The van der Waals surface area contributed by atoms with Gasteiger partial charge in [-0.15, -0.1) is 0 Å². The van der Waals surface area contributed by atoms with Crippen LogP contribution in [0.2, 0.25) is 5.02 Å². The molecule has 0 atom stereocenters. The summed E-state index contributed by atoms with van der Waals surface area (Å²) in [5, 5.41) is 8.56. The van der Waals surface area contributed by atoms with Crippen LogP contribution in [0.15, 0.2) is 41.3 Å². The summed E-state index contributed by atoms with van der Waals surface area (Å²) in [6, 6.07) is 7.27. The summed E-state index contributed by atoms with van der Waals surface area (Å²) in [6.45, 7) is 0. The molecule has 4 nitrogen and oxygen atoms in total. The fourth-order valence-electron chi connectivity index (χ4n) is 1.48. The summed E-state index contributed by atoms with van der Waals surface area (Å²) in [5.41, 5.74) is 0.210. The van der Waals surface area contributed by atoms with Gasteiger partial charge in [0.05, 0.1) is 16.7 Å². The van der Waals surface area contributed by atoms with Crippen molar-refractivity contribution in [2.75, 3.05) is 0 Å². The molecule has 0 spiro atoms. The molecule has 0 saturated heterocycles. The lowest BCUT2D eigenvalue weighted by Crippen LogP contribution is -2.10. The monoisotopic (exact) mass is 329 g/mol. The Labute approximate surface area is 124 Å². The minimum absolute atomic E-state index is 0.116. The van der Waals surface area contributed by atoms with Crippen molar-refractivity contribution >= 4 is 21.7 Å². The molecule has 21 heavy (non-hydrogen) atoms. The molecule has 0 fully saturated rings. The van der Waals surface area contributed by atoms with Crippen LogP contribution in [0.5, 0.6) is 5.75 Å². The van der Waals surface area contributed by atoms with E-state index in [0.717, 1.165) is 0 Å². The number of halogens is 3. The Morgan fingerprint density at radius 1 is 1.10 bits per heavy atom. The quantitative estimate of drug-likeness (QED) is 0.811. The molecular formula is C13H6ClF2NO3S. The van der Waals surface area contributed by atoms with E-state index in [9.17, 15) is 17.2 Å². The van der Waals surface area contributed by atoms with Crippen LogP contribution >= 0.6 is 11.6 Å². The molecule has 0 aliphatic carbocycles. The molecular weight excluding hydrogens is 324 g/mol. The van der Waals surface area contributed by atoms with Gasteiger partial charge in [0, 0.05) is 6.07 Å². The van der Waals surface area contributed by atoms with Gasteiger partial charge in [-0.3, -0.25) is 0 Å². The molecule has 108 valence electrons. The van der Waals surface area contributed by atoms with Gasteiger partial charge in [-0.2, -0.15) is 13.7 Å². The Hall–Kier alpha value is -2.17. The van der Waals surface area contributed by atoms with Crippen LogP contribution in [0, 0.1) is 23.0 Å². The largest absolute Gasteiger partial charge is 0.377 e. The average Bonchev–Trinajstić information content (AvgIpc) is 2.40. The zero-order chi connectivity index (χ0) is 15.6. The molecule has 0 heterocycles. The predicted octanol–water partition coefficient (Wildman–Crippen LogP) is 3.26. The van der Waals surface area contributed by atoms with Crippen LogP contribution in [0.3, 0.4) is 0 Å².